The first kappa shape index (κ1) is 58.6. The molecule has 3 fully saturated rings. The van der Waals surface area contributed by atoms with E-state index in [1.54, 1.807) is 27.7 Å². The summed E-state index contributed by atoms with van der Waals surface area (Å²) in [6.45, 7) is 22.6. The summed E-state index contributed by atoms with van der Waals surface area (Å²) in [5, 5.41) is 27.9. The van der Waals surface area contributed by atoms with Crippen LogP contribution in [0.2, 0.25) is 0 Å². The molecule has 3 saturated heterocycles. The number of aliphatic hydroxyl groups is 2. The van der Waals surface area contributed by atoms with Gasteiger partial charge in [-0.2, -0.15) is 10.2 Å². The quantitative estimate of drug-likeness (QED) is 0.136. The molecule has 5 heterocycles. The number of anilines is 4. The summed E-state index contributed by atoms with van der Waals surface area (Å²) in [6.07, 6.45) is 1.70. The maximum absolute atomic E-state index is 12.7. The number of halogens is 2. The monoisotopic (exact) mass is 1170 g/mol. The Morgan fingerprint density at radius 2 is 0.789 bits per heavy atom. The molecule has 4 aromatic carbocycles. The van der Waals surface area contributed by atoms with Crippen LogP contribution < -0.4 is 112 Å². The van der Waals surface area contributed by atoms with Crippen LogP contribution in [0.3, 0.4) is 0 Å². The van der Waals surface area contributed by atoms with Crippen LogP contribution in [0, 0.1) is 0 Å². The summed E-state index contributed by atoms with van der Waals surface area (Å²) in [5.74, 6) is 0. The third-order valence-corrected chi connectivity index (χ3v) is 14.6. The van der Waals surface area contributed by atoms with Crippen molar-refractivity contribution in [3.63, 3.8) is 0 Å². The number of rotatable bonds is 11. The first-order valence-corrected chi connectivity index (χ1v) is 24.3. The van der Waals surface area contributed by atoms with E-state index in [2.05, 4.69) is 122 Å². The predicted molar refractivity (Wildman–Crippen MR) is 280 cm³/mol. The van der Waals surface area contributed by atoms with Gasteiger partial charge in [0.15, 0.2) is 0 Å². The molecule has 20 heteroatoms. The summed E-state index contributed by atoms with van der Waals surface area (Å²) in [4.78, 5) is 34.9. The fraction of sp³-hybridized carbons (Fsp3) is 0.451. The van der Waals surface area contributed by atoms with Crippen LogP contribution in [-0.2, 0) is 9.31 Å². The number of piperazine rings is 2. The topological polar surface area (TPSA) is 152 Å². The van der Waals surface area contributed by atoms with E-state index >= 15 is 0 Å². The second-order valence-corrected chi connectivity index (χ2v) is 20.0. The van der Waals surface area contributed by atoms with Gasteiger partial charge < -0.3 is 63.1 Å². The number of aliphatic hydroxyl groups excluding tert-OH is 2. The molecule has 4 atom stereocenters. The number of hydrogen-bond acceptors (Lipinski definition) is 12. The van der Waals surface area contributed by atoms with Gasteiger partial charge in [0, 0.05) is 79.6 Å². The van der Waals surface area contributed by atoms with Gasteiger partial charge in [-0.05, 0) is 146 Å². The Hall–Kier alpha value is -3.29. The van der Waals surface area contributed by atoms with E-state index in [4.69, 9.17) is 9.31 Å². The SMILES string of the molecule is C.CC(O)C(C)n1ncn(-c2ccc(N3CCN(c4ccc(B5OC(C)(C)C(C)(C)O5)cc4)CC3)cc2)c1=O.CC(O)C(C)n1ncn(-c2ccc(N3CCN(c4ccc(Br)cc4)CC3)cc2)c1=O.[I-].[K+]. The van der Waals surface area contributed by atoms with Crippen LogP contribution in [0.5, 0.6) is 0 Å². The number of benzene rings is 4. The number of hydrogen-bond donors (Lipinski definition) is 2. The molecular weight excluding hydrogens is 1110 g/mol. The Kier molecular flexibility index (Phi) is 20.5. The van der Waals surface area contributed by atoms with E-state index in [0.29, 0.717) is 0 Å². The van der Waals surface area contributed by atoms with E-state index in [-0.39, 0.29) is 125 Å². The van der Waals surface area contributed by atoms with Crippen molar-refractivity contribution in [2.24, 2.45) is 0 Å². The van der Waals surface area contributed by atoms with Crippen molar-refractivity contribution in [1.82, 2.24) is 28.7 Å². The van der Waals surface area contributed by atoms with Gasteiger partial charge in [0.2, 0.25) is 0 Å². The molecule has 3 aliphatic heterocycles. The van der Waals surface area contributed by atoms with Crippen molar-refractivity contribution in [2.75, 3.05) is 72.0 Å². The molecule has 6 aromatic rings. The zero-order valence-electron chi connectivity index (χ0n) is 41.7. The number of aromatic nitrogens is 6. The van der Waals surface area contributed by atoms with E-state index in [1.807, 2.05) is 48.5 Å². The molecule has 0 amide bonds. The van der Waals surface area contributed by atoms with Crippen molar-refractivity contribution in [3.05, 3.63) is 135 Å². The molecule has 2 aromatic heterocycles. The van der Waals surface area contributed by atoms with Crippen molar-refractivity contribution in [2.45, 2.75) is 98.3 Å². The predicted octanol–water partition coefficient (Wildman–Crippen LogP) is 0.311. The van der Waals surface area contributed by atoms with Crippen LogP contribution in [0.4, 0.5) is 22.7 Å². The Bertz CT molecular complexity index is 2720. The van der Waals surface area contributed by atoms with E-state index in [0.717, 1.165) is 85.0 Å². The molecule has 2 N–H and O–H groups in total. The van der Waals surface area contributed by atoms with Crippen LogP contribution in [0.1, 0.15) is 74.9 Å². The third-order valence-electron chi connectivity index (χ3n) is 14.1. The van der Waals surface area contributed by atoms with Gasteiger partial charge in [0.05, 0.1) is 46.9 Å². The molecule has 0 bridgehead atoms. The summed E-state index contributed by atoms with van der Waals surface area (Å²) >= 11 is 3.49. The van der Waals surface area contributed by atoms with Crippen molar-refractivity contribution >= 4 is 51.3 Å². The van der Waals surface area contributed by atoms with Gasteiger partial charge in [-0.3, -0.25) is 0 Å². The van der Waals surface area contributed by atoms with Crippen molar-refractivity contribution in [1.29, 1.82) is 0 Å². The summed E-state index contributed by atoms with van der Waals surface area (Å²) < 4.78 is 19.1. The van der Waals surface area contributed by atoms with Crippen molar-refractivity contribution in [3.8, 4) is 11.4 Å². The normalized spacial score (nSPS) is 18.0. The average molecular weight is 1170 g/mol. The largest absolute Gasteiger partial charge is 1.00 e. The summed E-state index contributed by atoms with van der Waals surface area (Å²) in [7, 11) is -0.347. The second kappa shape index (κ2) is 24.8. The minimum atomic E-state index is -0.662. The molecule has 71 heavy (non-hydrogen) atoms. The van der Waals surface area contributed by atoms with E-state index in [1.165, 1.54) is 42.5 Å². The molecule has 4 unspecified atom stereocenters. The molecule has 0 radical (unpaired) electrons. The molecule has 0 spiro atoms. The maximum atomic E-state index is 12.7. The molecule has 376 valence electrons. The van der Waals surface area contributed by atoms with Gasteiger partial charge in [-0.15, -0.1) is 0 Å². The van der Waals surface area contributed by atoms with Crippen LogP contribution in [0.25, 0.3) is 11.4 Å². The Morgan fingerprint density at radius 3 is 1.08 bits per heavy atom. The fourth-order valence-corrected chi connectivity index (χ4v) is 8.79. The molecular formula is C51H68BBrIKN10O6. The first-order valence-electron chi connectivity index (χ1n) is 23.5. The standard InChI is InChI=1S/C28H38BN5O4.C22H26BrN5O2.CH4.HI.K/c1-20(21(2)35)34-26(36)33(19-30-34)25-13-11-24(12-14-25)32-17-15-31(16-18-32)23-9-7-22(8-10-23)29-37-27(3,4)28(5,6)38-29;1-16(17(2)29)28-22(30)27(15-24-28)21-9-7-20(8-10-21)26-13-11-25(12-14-26)19-5-3-18(23)4-6-19;;;/h7-14,19-21,35H,15-18H2,1-6H3;3-10,15-17,29H,11-14H2,1-2H3;1H4;1H;/q;;;;+1/p-1. The third kappa shape index (κ3) is 13.2. The van der Waals surface area contributed by atoms with Gasteiger partial charge in [0.1, 0.15) is 12.7 Å². The Balaban J connectivity index is 0.000000260. The minimum Gasteiger partial charge on any atom is -1.00 e. The van der Waals surface area contributed by atoms with Crippen LogP contribution in [0.15, 0.2) is 124 Å². The maximum Gasteiger partial charge on any atom is 1.00 e. The van der Waals surface area contributed by atoms with Crippen molar-refractivity contribution < 1.29 is 94.9 Å². The average Bonchev–Trinajstić information content (AvgIpc) is 3.99. The Morgan fingerprint density at radius 1 is 0.521 bits per heavy atom. The zero-order valence-corrected chi connectivity index (χ0v) is 48.6. The number of nitrogens with zero attached hydrogens (tertiary/aromatic N) is 10. The fourth-order valence-electron chi connectivity index (χ4n) is 8.52. The van der Waals surface area contributed by atoms with Gasteiger partial charge in [-0.25, -0.2) is 28.1 Å². The van der Waals surface area contributed by atoms with E-state index in [9.17, 15) is 19.8 Å². The minimum absolute atomic E-state index is 0. The van der Waals surface area contributed by atoms with E-state index < -0.39 is 12.2 Å². The summed E-state index contributed by atoms with van der Waals surface area (Å²) in [5.41, 5.74) is 6.07. The summed E-state index contributed by atoms with van der Waals surface area (Å²) in [6, 6.07) is 32.2. The van der Waals surface area contributed by atoms with Gasteiger partial charge in [0.25, 0.3) is 0 Å². The molecule has 0 aliphatic carbocycles. The molecule has 3 aliphatic rings. The van der Waals surface area contributed by atoms with Crippen LogP contribution >= 0.6 is 15.9 Å². The molecule has 16 nitrogen and oxygen atoms in total. The smallest absolute Gasteiger partial charge is 1.00 e. The molecule has 0 saturated carbocycles. The second-order valence-electron chi connectivity index (χ2n) is 19.1. The van der Waals surface area contributed by atoms with Crippen LogP contribution in [-0.4, -0.2) is 122 Å². The zero-order chi connectivity index (χ0) is 48.5. The van der Waals surface area contributed by atoms with Gasteiger partial charge in [-0.1, -0.05) is 35.5 Å². The first-order chi connectivity index (χ1) is 32.4. The van der Waals surface area contributed by atoms with Gasteiger partial charge >= 0.3 is 69.9 Å². The molecule has 9 rings (SSSR count). The Labute approximate surface area is 486 Å².